The fraction of sp³-hybridized carbons (Fsp3) is 0.364. The molecule has 0 atom stereocenters. The molecule has 0 fully saturated rings. The van der Waals surface area contributed by atoms with Crippen molar-refractivity contribution in [3.63, 3.8) is 0 Å². The number of carbonyl (C=O) groups is 1. The number of benzene rings is 2. The Morgan fingerprint density at radius 2 is 1.89 bits per heavy atom. The highest BCUT2D eigenvalue weighted by Crippen LogP contribution is 2.23. The maximum absolute atomic E-state index is 11.2. The van der Waals surface area contributed by atoms with Crippen LogP contribution >= 0.6 is 0 Å². The Labute approximate surface area is 164 Å². The Balaban J connectivity index is 1.55. The Hall–Kier alpha value is -3.02. The number of anilines is 1. The van der Waals surface area contributed by atoms with Gasteiger partial charge in [-0.3, -0.25) is 0 Å². The van der Waals surface area contributed by atoms with Crippen LogP contribution in [0.25, 0.3) is 11.1 Å². The number of carboxylic acids is 1. The third kappa shape index (κ3) is 4.63. The van der Waals surface area contributed by atoms with Crippen molar-refractivity contribution in [1.29, 1.82) is 0 Å². The number of hydrogen-bond acceptors (Lipinski definition) is 5. The normalized spacial score (nSPS) is 11.5. The molecule has 0 spiro atoms. The molecule has 0 saturated heterocycles. The number of aryl methyl sites for hydroxylation is 1. The second-order valence-electron chi connectivity index (χ2n) is 7.21. The summed E-state index contributed by atoms with van der Waals surface area (Å²) in [6, 6.07) is 16.0. The molecule has 0 unspecified atom stereocenters. The summed E-state index contributed by atoms with van der Waals surface area (Å²) in [7, 11) is 0. The largest absolute Gasteiger partial charge is 0.478 e. The Morgan fingerprint density at radius 1 is 1.18 bits per heavy atom. The Bertz CT molecular complexity index is 898. The standard InChI is InChI=1S/C22H26N2O4/c1-4-24(21-23-18-9-5-6-10-19(18)27-21)15-7-8-16-11-13-17(14-12-16)28-22(2,3)20(25)26/h5-6,9-14H,4,7-8,15H2,1-3H3,(H,25,26). The van der Waals surface area contributed by atoms with Crippen LogP contribution < -0.4 is 9.64 Å². The van der Waals surface area contributed by atoms with Gasteiger partial charge in [-0.05, 0) is 63.4 Å². The first-order chi connectivity index (χ1) is 13.4. The van der Waals surface area contributed by atoms with E-state index in [0.29, 0.717) is 11.8 Å². The van der Waals surface area contributed by atoms with Crippen molar-refractivity contribution in [1.82, 2.24) is 4.98 Å². The van der Waals surface area contributed by atoms with Crippen molar-refractivity contribution in [2.24, 2.45) is 0 Å². The Morgan fingerprint density at radius 3 is 2.54 bits per heavy atom. The number of fused-ring (bicyclic) bond motifs is 1. The number of carboxylic acid groups (broad SMARTS) is 1. The van der Waals surface area contributed by atoms with Crippen LogP contribution in [0.5, 0.6) is 5.75 Å². The highest BCUT2D eigenvalue weighted by molar-refractivity contribution is 5.76. The summed E-state index contributed by atoms with van der Waals surface area (Å²) in [6.07, 6.45) is 1.85. The molecule has 0 radical (unpaired) electrons. The zero-order valence-electron chi connectivity index (χ0n) is 16.5. The molecule has 0 saturated carbocycles. The van der Waals surface area contributed by atoms with Gasteiger partial charge >= 0.3 is 5.97 Å². The molecule has 3 rings (SSSR count). The van der Waals surface area contributed by atoms with E-state index >= 15 is 0 Å². The van der Waals surface area contributed by atoms with Crippen LogP contribution in [0.15, 0.2) is 52.9 Å². The maximum atomic E-state index is 11.2. The summed E-state index contributed by atoms with van der Waals surface area (Å²) in [5.74, 6) is -0.437. The maximum Gasteiger partial charge on any atom is 0.347 e. The van der Waals surface area contributed by atoms with Crippen LogP contribution in [0.4, 0.5) is 6.01 Å². The minimum atomic E-state index is -1.25. The molecule has 0 bridgehead atoms. The first kappa shape index (κ1) is 19.7. The molecule has 3 aromatic rings. The number of aromatic nitrogens is 1. The summed E-state index contributed by atoms with van der Waals surface area (Å²) in [5.41, 5.74) is 1.60. The summed E-state index contributed by atoms with van der Waals surface area (Å²) < 4.78 is 11.4. The lowest BCUT2D eigenvalue weighted by Crippen LogP contribution is -2.37. The van der Waals surface area contributed by atoms with Crippen LogP contribution in [0.3, 0.4) is 0 Å². The molecule has 1 aromatic heterocycles. The van der Waals surface area contributed by atoms with E-state index in [1.54, 1.807) is 0 Å². The van der Waals surface area contributed by atoms with Crippen molar-refractivity contribution in [2.45, 2.75) is 39.2 Å². The monoisotopic (exact) mass is 382 g/mol. The number of hydrogen-bond donors (Lipinski definition) is 1. The highest BCUT2D eigenvalue weighted by Gasteiger charge is 2.29. The number of ether oxygens (including phenoxy) is 1. The van der Waals surface area contributed by atoms with Crippen molar-refractivity contribution >= 4 is 23.1 Å². The van der Waals surface area contributed by atoms with Gasteiger partial charge in [-0.2, -0.15) is 4.98 Å². The zero-order valence-corrected chi connectivity index (χ0v) is 16.5. The fourth-order valence-corrected chi connectivity index (χ4v) is 2.92. The molecule has 0 aliphatic rings. The Kier molecular flexibility index (Phi) is 5.87. The number of aliphatic carboxylic acids is 1. The molecule has 0 aliphatic heterocycles. The number of rotatable bonds is 9. The van der Waals surface area contributed by atoms with Gasteiger partial charge in [-0.25, -0.2) is 4.79 Å². The van der Waals surface area contributed by atoms with Gasteiger partial charge in [0.2, 0.25) is 0 Å². The molecular weight excluding hydrogens is 356 g/mol. The van der Waals surface area contributed by atoms with Crippen LogP contribution in [0, 0.1) is 0 Å². The smallest absolute Gasteiger partial charge is 0.347 e. The quantitative estimate of drug-likeness (QED) is 0.586. The number of para-hydroxylation sites is 2. The molecule has 1 heterocycles. The van der Waals surface area contributed by atoms with E-state index in [1.807, 2.05) is 48.5 Å². The average Bonchev–Trinajstić information content (AvgIpc) is 3.10. The van der Waals surface area contributed by atoms with Crippen LogP contribution in [-0.2, 0) is 11.2 Å². The van der Waals surface area contributed by atoms with Gasteiger partial charge in [0.25, 0.3) is 6.01 Å². The topological polar surface area (TPSA) is 75.8 Å². The predicted octanol–water partition coefficient (Wildman–Crippen LogP) is 4.53. The molecular formula is C22H26N2O4. The van der Waals surface area contributed by atoms with E-state index in [-0.39, 0.29) is 0 Å². The minimum Gasteiger partial charge on any atom is -0.478 e. The van der Waals surface area contributed by atoms with Gasteiger partial charge in [0.1, 0.15) is 11.3 Å². The molecule has 28 heavy (non-hydrogen) atoms. The van der Waals surface area contributed by atoms with Crippen molar-refractivity contribution in [3.05, 3.63) is 54.1 Å². The summed E-state index contributed by atoms with van der Waals surface area (Å²) in [6.45, 7) is 6.83. The molecule has 148 valence electrons. The summed E-state index contributed by atoms with van der Waals surface area (Å²) in [4.78, 5) is 17.9. The third-order valence-electron chi connectivity index (χ3n) is 4.64. The minimum absolute atomic E-state index is 0.554. The molecule has 2 aromatic carbocycles. The van der Waals surface area contributed by atoms with Crippen molar-refractivity contribution in [3.8, 4) is 5.75 Å². The molecule has 6 heteroatoms. The second-order valence-corrected chi connectivity index (χ2v) is 7.21. The van der Waals surface area contributed by atoms with Crippen LogP contribution in [0.1, 0.15) is 32.8 Å². The lowest BCUT2D eigenvalue weighted by molar-refractivity contribution is -0.152. The fourth-order valence-electron chi connectivity index (χ4n) is 2.92. The average molecular weight is 382 g/mol. The summed E-state index contributed by atoms with van der Waals surface area (Å²) >= 11 is 0. The lowest BCUT2D eigenvalue weighted by atomic mass is 10.1. The van der Waals surface area contributed by atoms with Gasteiger partial charge in [-0.1, -0.05) is 24.3 Å². The number of nitrogens with zero attached hydrogens (tertiary/aromatic N) is 2. The number of oxazole rings is 1. The van der Waals surface area contributed by atoms with Gasteiger partial charge in [0, 0.05) is 13.1 Å². The molecule has 6 nitrogen and oxygen atoms in total. The second kappa shape index (κ2) is 8.33. The predicted molar refractivity (Wildman–Crippen MR) is 109 cm³/mol. The molecule has 0 amide bonds. The molecule has 1 N–H and O–H groups in total. The lowest BCUT2D eigenvalue weighted by Gasteiger charge is -2.21. The van der Waals surface area contributed by atoms with E-state index in [2.05, 4.69) is 16.8 Å². The van der Waals surface area contributed by atoms with Gasteiger partial charge in [0.15, 0.2) is 11.2 Å². The van der Waals surface area contributed by atoms with E-state index in [9.17, 15) is 4.79 Å². The highest BCUT2D eigenvalue weighted by atomic mass is 16.5. The van der Waals surface area contributed by atoms with Gasteiger partial charge in [0.05, 0.1) is 0 Å². The SMILES string of the molecule is CCN(CCCc1ccc(OC(C)(C)C(=O)O)cc1)c1nc2ccccc2o1. The first-order valence-electron chi connectivity index (χ1n) is 9.51. The van der Waals surface area contributed by atoms with Crippen LogP contribution in [-0.4, -0.2) is 34.8 Å². The van der Waals surface area contributed by atoms with E-state index in [4.69, 9.17) is 14.3 Å². The third-order valence-corrected chi connectivity index (χ3v) is 4.64. The zero-order chi connectivity index (χ0) is 20.1. The summed E-state index contributed by atoms with van der Waals surface area (Å²) in [5, 5.41) is 9.15. The van der Waals surface area contributed by atoms with Crippen LogP contribution in [0.2, 0.25) is 0 Å². The van der Waals surface area contributed by atoms with E-state index in [0.717, 1.165) is 37.0 Å². The first-order valence-corrected chi connectivity index (χ1v) is 9.51. The van der Waals surface area contributed by atoms with E-state index < -0.39 is 11.6 Å². The van der Waals surface area contributed by atoms with Crippen molar-refractivity contribution in [2.75, 3.05) is 18.0 Å². The van der Waals surface area contributed by atoms with E-state index in [1.165, 1.54) is 19.4 Å². The van der Waals surface area contributed by atoms with Gasteiger partial charge < -0.3 is 19.2 Å². The van der Waals surface area contributed by atoms with Crippen molar-refractivity contribution < 1.29 is 19.1 Å². The molecule has 0 aliphatic carbocycles. The van der Waals surface area contributed by atoms with Gasteiger partial charge in [-0.15, -0.1) is 0 Å².